The Kier molecular flexibility index (Phi) is 3.98. The summed E-state index contributed by atoms with van der Waals surface area (Å²) >= 11 is 2.61. The predicted octanol–water partition coefficient (Wildman–Crippen LogP) is 1.99. The molecule has 0 bridgehead atoms. The zero-order valence-electron chi connectivity index (χ0n) is 9.37. The van der Waals surface area contributed by atoms with E-state index < -0.39 is 5.91 Å². The fourth-order valence-corrected chi connectivity index (χ4v) is 3.29. The molecule has 0 saturated carbocycles. The van der Waals surface area contributed by atoms with Crippen LogP contribution in [-0.2, 0) is 0 Å². The highest BCUT2D eigenvalue weighted by Crippen LogP contribution is 2.37. The lowest BCUT2D eigenvalue weighted by molar-refractivity contribution is 0.0944. The Morgan fingerprint density at radius 3 is 2.25 bits per heavy atom. The van der Waals surface area contributed by atoms with E-state index in [-0.39, 0.29) is 23.0 Å². The molecule has 0 aliphatic heterocycles. The maximum Gasteiger partial charge on any atom is 0.252 e. The van der Waals surface area contributed by atoms with E-state index in [1.165, 1.54) is 23.1 Å². The molecule has 0 spiro atoms. The number of primary amides is 1. The SMILES string of the molecule is CSc1sc(C(=O)C(C)C)c(N)c1C(N)=O. The second-order valence-corrected chi connectivity index (χ2v) is 5.69. The number of ketones is 1. The Morgan fingerprint density at radius 2 is 1.94 bits per heavy atom. The summed E-state index contributed by atoms with van der Waals surface area (Å²) in [7, 11) is 0. The molecule has 1 aromatic rings. The van der Waals surface area contributed by atoms with Crippen molar-refractivity contribution in [2.45, 2.75) is 18.1 Å². The highest BCUT2D eigenvalue weighted by atomic mass is 32.2. The van der Waals surface area contributed by atoms with Gasteiger partial charge < -0.3 is 11.5 Å². The fourth-order valence-electron chi connectivity index (χ4n) is 1.24. The van der Waals surface area contributed by atoms with Gasteiger partial charge in [-0.3, -0.25) is 9.59 Å². The van der Waals surface area contributed by atoms with Crippen LogP contribution in [0, 0.1) is 5.92 Å². The van der Waals surface area contributed by atoms with Crippen LogP contribution >= 0.6 is 23.1 Å². The zero-order chi connectivity index (χ0) is 12.5. The van der Waals surface area contributed by atoms with Crippen LogP contribution in [0.3, 0.4) is 0 Å². The number of anilines is 1. The topological polar surface area (TPSA) is 86.2 Å². The zero-order valence-corrected chi connectivity index (χ0v) is 11.0. The van der Waals surface area contributed by atoms with Crippen LogP contribution in [0.25, 0.3) is 0 Å². The van der Waals surface area contributed by atoms with Crippen molar-refractivity contribution in [2.75, 3.05) is 12.0 Å². The molecular weight excluding hydrogens is 244 g/mol. The molecular formula is C10H14N2O2S2. The maximum atomic E-state index is 11.8. The highest BCUT2D eigenvalue weighted by molar-refractivity contribution is 8.00. The Labute approximate surface area is 102 Å². The van der Waals surface area contributed by atoms with Crippen LogP contribution in [0.4, 0.5) is 5.69 Å². The third-order valence-electron chi connectivity index (χ3n) is 2.09. The van der Waals surface area contributed by atoms with Gasteiger partial charge in [0, 0.05) is 5.92 Å². The van der Waals surface area contributed by atoms with Gasteiger partial charge in [0.1, 0.15) is 0 Å². The van der Waals surface area contributed by atoms with E-state index in [2.05, 4.69) is 0 Å². The molecule has 0 aromatic carbocycles. The predicted molar refractivity (Wildman–Crippen MR) is 68.2 cm³/mol. The van der Waals surface area contributed by atoms with Gasteiger partial charge in [-0.05, 0) is 6.26 Å². The van der Waals surface area contributed by atoms with Crippen LogP contribution in [0.5, 0.6) is 0 Å². The molecule has 0 saturated heterocycles. The van der Waals surface area contributed by atoms with Gasteiger partial charge in [0.15, 0.2) is 5.78 Å². The van der Waals surface area contributed by atoms with Crippen molar-refractivity contribution in [2.24, 2.45) is 11.7 Å². The van der Waals surface area contributed by atoms with Gasteiger partial charge in [0.2, 0.25) is 0 Å². The molecule has 0 atom stereocenters. The van der Waals surface area contributed by atoms with Crippen molar-refractivity contribution in [3.63, 3.8) is 0 Å². The summed E-state index contributed by atoms with van der Waals surface area (Å²) in [6, 6.07) is 0. The van der Waals surface area contributed by atoms with Gasteiger partial charge in [-0.15, -0.1) is 23.1 Å². The van der Waals surface area contributed by atoms with Gasteiger partial charge in [-0.1, -0.05) is 13.8 Å². The van der Waals surface area contributed by atoms with Crippen molar-refractivity contribution in [3.8, 4) is 0 Å². The van der Waals surface area contributed by atoms with Crippen molar-refractivity contribution >= 4 is 40.5 Å². The summed E-state index contributed by atoms with van der Waals surface area (Å²) < 4.78 is 0.703. The van der Waals surface area contributed by atoms with E-state index in [1.807, 2.05) is 6.26 Å². The number of hydrogen-bond acceptors (Lipinski definition) is 5. The molecule has 0 fully saturated rings. The highest BCUT2D eigenvalue weighted by Gasteiger charge is 2.24. The van der Waals surface area contributed by atoms with Gasteiger partial charge in [0.05, 0.1) is 20.3 Å². The van der Waals surface area contributed by atoms with Crippen molar-refractivity contribution in [3.05, 3.63) is 10.4 Å². The molecule has 0 aliphatic carbocycles. The lowest BCUT2D eigenvalue weighted by atomic mass is 10.1. The Hall–Kier alpha value is -1.01. The standard InChI is InChI=1S/C10H14N2O2S2/c1-4(2)7(13)8-6(11)5(9(12)14)10(15-3)16-8/h4H,11H2,1-3H3,(H2,12,14). The van der Waals surface area contributed by atoms with Crippen molar-refractivity contribution < 1.29 is 9.59 Å². The lowest BCUT2D eigenvalue weighted by Gasteiger charge is -2.02. The third-order valence-corrected chi connectivity index (χ3v) is 4.43. The monoisotopic (exact) mass is 258 g/mol. The van der Waals surface area contributed by atoms with Crippen LogP contribution in [0.15, 0.2) is 4.21 Å². The molecule has 0 radical (unpaired) electrons. The summed E-state index contributed by atoms with van der Waals surface area (Å²) in [5.74, 6) is -0.775. The average Bonchev–Trinajstić information content (AvgIpc) is 2.53. The van der Waals surface area contributed by atoms with E-state index in [1.54, 1.807) is 13.8 Å². The normalized spacial score (nSPS) is 10.8. The van der Waals surface area contributed by atoms with E-state index in [0.29, 0.717) is 9.09 Å². The first-order chi connectivity index (χ1) is 7.40. The smallest absolute Gasteiger partial charge is 0.252 e. The summed E-state index contributed by atoms with van der Waals surface area (Å²) in [5, 5.41) is 0. The molecule has 0 unspecified atom stereocenters. The summed E-state index contributed by atoms with van der Waals surface area (Å²) in [5.41, 5.74) is 11.5. The Balaban J connectivity index is 3.34. The molecule has 0 aliphatic rings. The van der Waals surface area contributed by atoms with Gasteiger partial charge in [-0.25, -0.2) is 0 Å². The van der Waals surface area contributed by atoms with E-state index in [9.17, 15) is 9.59 Å². The first-order valence-corrected chi connectivity index (χ1v) is 6.74. The summed E-state index contributed by atoms with van der Waals surface area (Å²) in [6.45, 7) is 3.59. The summed E-state index contributed by atoms with van der Waals surface area (Å²) in [4.78, 5) is 23.5. The number of nitrogens with two attached hydrogens (primary N) is 2. The number of thiophene rings is 1. The van der Waals surface area contributed by atoms with E-state index in [4.69, 9.17) is 11.5 Å². The molecule has 16 heavy (non-hydrogen) atoms. The fraction of sp³-hybridized carbons (Fsp3) is 0.400. The minimum Gasteiger partial charge on any atom is -0.397 e. The number of carbonyl (C=O) groups excluding carboxylic acids is 2. The maximum absolute atomic E-state index is 11.8. The number of Topliss-reactive ketones (excluding diaryl/α,β-unsaturated/α-hetero) is 1. The minimum absolute atomic E-state index is 0.0506. The van der Waals surface area contributed by atoms with Gasteiger partial charge >= 0.3 is 0 Å². The molecule has 4 N–H and O–H groups in total. The second kappa shape index (κ2) is 4.88. The van der Waals surface area contributed by atoms with Crippen LogP contribution in [-0.4, -0.2) is 17.9 Å². The molecule has 1 amide bonds. The number of amides is 1. The number of rotatable bonds is 4. The quantitative estimate of drug-likeness (QED) is 0.638. The second-order valence-electron chi connectivity index (χ2n) is 3.59. The largest absolute Gasteiger partial charge is 0.397 e. The van der Waals surface area contributed by atoms with Crippen molar-refractivity contribution in [1.29, 1.82) is 0 Å². The Bertz CT molecular complexity index is 438. The minimum atomic E-state index is -0.582. The van der Waals surface area contributed by atoms with Gasteiger partial charge in [-0.2, -0.15) is 0 Å². The van der Waals surface area contributed by atoms with Crippen molar-refractivity contribution in [1.82, 2.24) is 0 Å². The van der Waals surface area contributed by atoms with Crippen LogP contribution in [0.1, 0.15) is 33.9 Å². The van der Waals surface area contributed by atoms with Crippen LogP contribution < -0.4 is 11.5 Å². The summed E-state index contributed by atoms with van der Waals surface area (Å²) in [6.07, 6.45) is 1.82. The molecule has 6 heteroatoms. The molecule has 1 aromatic heterocycles. The van der Waals surface area contributed by atoms with E-state index >= 15 is 0 Å². The Morgan fingerprint density at radius 1 is 1.38 bits per heavy atom. The number of thioether (sulfide) groups is 1. The molecule has 1 rings (SSSR count). The third kappa shape index (κ3) is 2.22. The number of carbonyl (C=O) groups is 2. The first-order valence-electron chi connectivity index (χ1n) is 4.70. The molecule has 1 heterocycles. The van der Waals surface area contributed by atoms with Gasteiger partial charge in [0.25, 0.3) is 5.91 Å². The molecule has 4 nitrogen and oxygen atoms in total. The van der Waals surface area contributed by atoms with E-state index in [0.717, 1.165) is 0 Å². The average molecular weight is 258 g/mol. The number of nitrogen functional groups attached to an aromatic ring is 1. The molecule has 88 valence electrons. The van der Waals surface area contributed by atoms with Crippen LogP contribution in [0.2, 0.25) is 0 Å². The number of hydrogen-bond donors (Lipinski definition) is 2. The lowest BCUT2D eigenvalue weighted by Crippen LogP contribution is -2.14. The first kappa shape index (κ1) is 13.1.